The second-order valence-electron chi connectivity index (χ2n) is 3.55. The molecule has 76 valence electrons. The van der Waals surface area contributed by atoms with E-state index in [0.29, 0.717) is 0 Å². The Bertz CT molecular complexity index is 311. The van der Waals surface area contributed by atoms with Gasteiger partial charge in [-0.25, -0.2) is 0 Å². The molecule has 1 saturated heterocycles. The smallest absolute Gasteiger partial charge is 0.0742 e. The Hall–Kier alpha value is -0.800. The van der Waals surface area contributed by atoms with Crippen LogP contribution in [0.3, 0.4) is 0 Å². The first-order chi connectivity index (χ1) is 6.77. The van der Waals surface area contributed by atoms with Crippen LogP contribution in [0.1, 0.15) is 12.8 Å². The number of halogens is 1. The third-order valence-corrected chi connectivity index (χ3v) is 2.87. The molecule has 1 aliphatic rings. The van der Waals surface area contributed by atoms with Crippen LogP contribution in [0.25, 0.3) is 0 Å². The van der Waals surface area contributed by atoms with Gasteiger partial charge in [0.25, 0.3) is 0 Å². The quantitative estimate of drug-likeness (QED) is 0.770. The van der Waals surface area contributed by atoms with E-state index < -0.39 is 0 Å². The van der Waals surface area contributed by atoms with Crippen LogP contribution in [0.4, 0.5) is 5.69 Å². The van der Waals surface area contributed by atoms with E-state index in [9.17, 15) is 5.11 Å². The van der Waals surface area contributed by atoms with E-state index in [2.05, 4.69) is 9.88 Å². The Balaban J connectivity index is 2.12. The fourth-order valence-corrected chi connectivity index (χ4v) is 1.93. The van der Waals surface area contributed by atoms with Crippen molar-refractivity contribution in [3.8, 4) is 0 Å². The van der Waals surface area contributed by atoms with Gasteiger partial charge in [-0.05, 0) is 18.9 Å². The standard InChI is InChI=1S/C10H13ClN2O/c11-9-1-4-12-7-10(9)13-5-2-8(14)3-6-13/h1,4,7-8,14H,2-3,5-6H2. The lowest BCUT2D eigenvalue weighted by Gasteiger charge is -2.31. The normalized spacial score (nSPS) is 18.6. The van der Waals surface area contributed by atoms with E-state index in [4.69, 9.17) is 11.6 Å². The number of rotatable bonds is 1. The SMILES string of the molecule is OC1CCN(c2cnccc2Cl)CC1. The summed E-state index contributed by atoms with van der Waals surface area (Å²) in [6.45, 7) is 1.71. The summed E-state index contributed by atoms with van der Waals surface area (Å²) in [4.78, 5) is 6.22. The van der Waals surface area contributed by atoms with Gasteiger partial charge in [-0.1, -0.05) is 11.6 Å². The van der Waals surface area contributed by atoms with Crippen molar-refractivity contribution in [2.75, 3.05) is 18.0 Å². The minimum absolute atomic E-state index is 0.151. The molecule has 0 aromatic carbocycles. The van der Waals surface area contributed by atoms with Crippen LogP contribution < -0.4 is 4.90 Å². The zero-order chi connectivity index (χ0) is 9.97. The number of hydrogen-bond acceptors (Lipinski definition) is 3. The first-order valence-electron chi connectivity index (χ1n) is 4.80. The fourth-order valence-electron chi connectivity index (χ4n) is 1.71. The van der Waals surface area contributed by atoms with Crippen molar-refractivity contribution in [2.24, 2.45) is 0 Å². The molecule has 0 unspecified atom stereocenters. The van der Waals surface area contributed by atoms with Crippen LogP contribution in [-0.2, 0) is 0 Å². The van der Waals surface area contributed by atoms with Gasteiger partial charge < -0.3 is 10.0 Å². The maximum absolute atomic E-state index is 9.37. The van der Waals surface area contributed by atoms with E-state index in [0.717, 1.165) is 36.6 Å². The number of aliphatic hydroxyl groups excluding tert-OH is 1. The lowest BCUT2D eigenvalue weighted by molar-refractivity contribution is 0.145. The number of pyridine rings is 1. The monoisotopic (exact) mass is 212 g/mol. The molecule has 1 aromatic heterocycles. The molecule has 0 atom stereocenters. The summed E-state index contributed by atoms with van der Waals surface area (Å²) < 4.78 is 0. The highest BCUT2D eigenvalue weighted by Crippen LogP contribution is 2.26. The Kier molecular flexibility index (Phi) is 2.89. The summed E-state index contributed by atoms with van der Waals surface area (Å²) in [5.41, 5.74) is 0.973. The highest BCUT2D eigenvalue weighted by Gasteiger charge is 2.18. The summed E-state index contributed by atoms with van der Waals surface area (Å²) in [5, 5.41) is 10.1. The molecule has 0 bridgehead atoms. The second-order valence-corrected chi connectivity index (χ2v) is 3.95. The molecule has 4 heteroatoms. The van der Waals surface area contributed by atoms with Gasteiger partial charge in [0.1, 0.15) is 0 Å². The zero-order valence-corrected chi connectivity index (χ0v) is 8.61. The number of anilines is 1. The van der Waals surface area contributed by atoms with Crippen LogP contribution in [-0.4, -0.2) is 29.3 Å². The molecule has 1 N–H and O–H groups in total. The largest absolute Gasteiger partial charge is 0.393 e. The third-order valence-electron chi connectivity index (χ3n) is 2.55. The van der Waals surface area contributed by atoms with Crippen LogP contribution in [0, 0.1) is 0 Å². The number of piperidine rings is 1. The fraction of sp³-hybridized carbons (Fsp3) is 0.500. The van der Waals surface area contributed by atoms with E-state index in [1.54, 1.807) is 18.5 Å². The average Bonchev–Trinajstić information content (AvgIpc) is 2.20. The van der Waals surface area contributed by atoms with Gasteiger partial charge in [-0.2, -0.15) is 0 Å². The number of nitrogens with zero attached hydrogens (tertiary/aromatic N) is 2. The van der Waals surface area contributed by atoms with Crippen molar-refractivity contribution in [3.05, 3.63) is 23.5 Å². The van der Waals surface area contributed by atoms with Gasteiger partial charge in [-0.15, -0.1) is 0 Å². The predicted octanol–water partition coefficient (Wildman–Crippen LogP) is 1.70. The molecule has 0 aliphatic carbocycles. The zero-order valence-electron chi connectivity index (χ0n) is 7.86. The topological polar surface area (TPSA) is 36.4 Å². The summed E-state index contributed by atoms with van der Waals surface area (Å²) in [5.74, 6) is 0. The minimum Gasteiger partial charge on any atom is -0.393 e. The van der Waals surface area contributed by atoms with Gasteiger partial charge in [0.05, 0.1) is 23.0 Å². The molecule has 1 fully saturated rings. The van der Waals surface area contributed by atoms with Crippen LogP contribution in [0.2, 0.25) is 5.02 Å². The van der Waals surface area contributed by atoms with Gasteiger partial charge >= 0.3 is 0 Å². The molecule has 0 radical (unpaired) electrons. The van der Waals surface area contributed by atoms with Crippen molar-refractivity contribution in [3.63, 3.8) is 0 Å². The van der Waals surface area contributed by atoms with Crippen LogP contribution in [0.15, 0.2) is 18.5 Å². The van der Waals surface area contributed by atoms with Crippen molar-refractivity contribution >= 4 is 17.3 Å². The lowest BCUT2D eigenvalue weighted by Crippen LogP contribution is -2.35. The van der Waals surface area contributed by atoms with Crippen molar-refractivity contribution in [1.82, 2.24) is 4.98 Å². The van der Waals surface area contributed by atoms with E-state index in [-0.39, 0.29) is 6.10 Å². The van der Waals surface area contributed by atoms with Crippen LogP contribution >= 0.6 is 11.6 Å². The second kappa shape index (κ2) is 4.15. The lowest BCUT2D eigenvalue weighted by atomic mass is 10.1. The van der Waals surface area contributed by atoms with Crippen LogP contribution in [0.5, 0.6) is 0 Å². The molecule has 2 rings (SSSR count). The van der Waals surface area contributed by atoms with Gasteiger partial charge in [0, 0.05) is 19.3 Å². The first kappa shape index (κ1) is 9.74. The molecule has 1 aliphatic heterocycles. The molecule has 0 saturated carbocycles. The number of aliphatic hydroxyl groups is 1. The summed E-state index contributed by atoms with van der Waals surface area (Å²) in [6, 6.07) is 1.79. The molecule has 0 spiro atoms. The Labute approximate surface area is 88.3 Å². The summed E-state index contributed by atoms with van der Waals surface area (Å²) >= 11 is 6.05. The maximum atomic E-state index is 9.37. The molecular formula is C10H13ClN2O. The molecular weight excluding hydrogens is 200 g/mol. The van der Waals surface area contributed by atoms with E-state index in [1.165, 1.54) is 0 Å². The highest BCUT2D eigenvalue weighted by atomic mass is 35.5. The molecule has 14 heavy (non-hydrogen) atoms. The molecule has 2 heterocycles. The number of hydrogen-bond donors (Lipinski definition) is 1. The summed E-state index contributed by atoms with van der Waals surface area (Å²) in [7, 11) is 0. The van der Waals surface area contributed by atoms with Gasteiger partial charge in [-0.3, -0.25) is 4.98 Å². The van der Waals surface area contributed by atoms with Crippen molar-refractivity contribution < 1.29 is 5.11 Å². The summed E-state index contributed by atoms with van der Waals surface area (Å²) in [6.07, 6.45) is 4.93. The molecule has 3 nitrogen and oxygen atoms in total. The van der Waals surface area contributed by atoms with E-state index >= 15 is 0 Å². The Morgan fingerprint density at radius 3 is 2.79 bits per heavy atom. The average molecular weight is 213 g/mol. The van der Waals surface area contributed by atoms with Gasteiger partial charge in [0.15, 0.2) is 0 Å². The first-order valence-corrected chi connectivity index (χ1v) is 5.17. The molecule has 1 aromatic rings. The Morgan fingerprint density at radius 1 is 1.43 bits per heavy atom. The molecule has 0 amide bonds. The van der Waals surface area contributed by atoms with Gasteiger partial charge in [0.2, 0.25) is 0 Å². The van der Waals surface area contributed by atoms with E-state index in [1.807, 2.05) is 0 Å². The van der Waals surface area contributed by atoms with Crippen molar-refractivity contribution in [2.45, 2.75) is 18.9 Å². The highest BCUT2D eigenvalue weighted by molar-refractivity contribution is 6.33. The Morgan fingerprint density at radius 2 is 2.14 bits per heavy atom. The van der Waals surface area contributed by atoms with Crippen molar-refractivity contribution in [1.29, 1.82) is 0 Å². The maximum Gasteiger partial charge on any atom is 0.0742 e. The number of aromatic nitrogens is 1. The third kappa shape index (κ3) is 1.99. The minimum atomic E-state index is -0.151. The predicted molar refractivity (Wildman–Crippen MR) is 56.7 cm³/mol.